The van der Waals surface area contributed by atoms with Gasteiger partial charge in [-0.3, -0.25) is 0 Å². The van der Waals surface area contributed by atoms with Crippen molar-refractivity contribution in [3.8, 4) is 12.3 Å². The number of rotatable bonds is 1. The van der Waals surface area contributed by atoms with E-state index in [4.69, 9.17) is 11.2 Å². The molecular weight excluding hydrogens is 214 g/mol. The molecule has 0 aromatic heterocycles. The lowest BCUT2D eigenvalue weighted by Crippen LogP contribution is -2.64. The maximum Gasteiger partial charge on any atom is 0.410 e. The first-order chi connectivity index (χ1) is 7.84. The zero-order valence-corrected chi connectivity index (χ0v) is 11.0. The minimum Gasteiger partial charge on any atom is -0.444 e. The molecule has 0 atom stereocenters. The third-order valence-electron chi connectivity index (χ3n) is 3.55. The molecule has 3 nitrogen and oxygen atoms in total. The highest BCUT2D eigenvalue weighted by Crippen LogP contribution is 2.53. The summed E-state index contributed by atoms with van der Waals surface area (Å²) in [5.74, 6) is 3.40. The molecule has 1 amide bonds. The third-order valence-corrected chi connectivity index (χ3v) is 3.55. The second-order valence-corrected chi connectivity index (χ2v) is 6.52. The predicted octanol–water partition coefficient (Wildman–Crippen LogP) is 2.66. The number of amides is 1. The maximum absolute atomic E-state index is 11.7. The molecule has 1 aliphatic heterocycles. The standard InChI is InChI=1S/C14H21NO2/c1-5-6-11-7-14(8-11)9-15(10-14)12(16)17-13(2,3)4/h1,11H,6-10H2,2-4H3. The van der Waals surface area contributed by atoms with Crippen molar-refractivity contribution in [2.24, 2.45) is 11.3 Å². The van der Waals surface area contributed by atoms with Crippen molar-refractivity contribution in [2.45, 2.75) is 45.6 Å². The largest absolute Gasteiger partial charge is 0.444 e. The third kappa shape index (κ3) is 2.57. The van der Waals surface area contributed by atoms with E-state index >= 15 is 0 Å². The second kappa shape index (κ2) is 3.94. The highest BCUT2D eigenvalue weighted by Gasteiger charge is 2.53. The van der Waals surface area contributed by atoms with Gasteiger partial charge in [0.05, 0.1) is 0 Å². The lowest BCUT2D eigenvalue weighted by molar-refractivity contribution is -0.0938. The lowest BCUT2D eigenvalue weighted by Gasteiger charge is -2.58. The van der Waals surface area contributed by atoms with E-state index in [-0.39, 0.29) is 6.09 Å². The summed E-state index contributed by atoms with van der Waals surface area (Å²) in [6, 6.07) is 0. The summed E-state index contributed by atoms with van der Waals surface area (Å²) in [6.07, 6.45) is 8.36. The molecule has 0 radical (unpaired) electrons. The minimum atomic E-state index is -0.397. The molecule has 1 saturated heterocycles. The molecule has 0 unspecified atom stereocenters. The van der Waals surface area contributed by atoms with Crippen molar-refractivity contribution in [2.75, 3.05) is 13.1 Å². The van der Waals surface area contributed by atoms with E-state index in [9.17, 15) is 4.79 Å². The molecule has 1 spiro atoms. The van der Waals surface area contributed by atoms with Crippen molar-refractivity contribution in [1.82, 2.24) is 4.90 Å². The lowest BCUT2D eigenvalue weighted by atomic mass is 9.57. The van der Waals surface area contributed by atoms with Gasteiger partial charge >= 0.3 is 6.09 Å². The number of carbonyl (C=O) groups is 1. The van der Waals surface area contributed by atoms with Gasteiger partial charge in [0, 0.05) is 24.9 Å². The Morgan fingerprint density at radius 3 is 2.53 bits per heavy atom. The van der Waals surface area contributed by atoms with E-state index in [2.05, 4.69) is 5.92 Å². The molecule has 0 aromatic carbocycles. The van der Waals surface area contributed by atoms with Crippen LogP contribution in [0.15, 0.2) is 0 Å². The van der Waals surface area contributed by atoms with E-state index in [1.165, 1.54) is 12.8 Å². The fourth-order valence-electron chi connectivity index (χ4n) is 2.95. The van der Waals surface area contributed by atoms with Gasteiger partial charge in [-0.15, -0.1) is 12.3 Å². The van der Waals surface area contributed by atoms with Gasteiger partial charge in [0.25, 0.3) is 0 Å². The van der Waals surface area contributed by atoms with E-state index in [1.807, 2.05) is 20.8 Å². The summed E-state index contributed by atoms with van der Waals surface area (Å²) >= 11 is 0. The Kier molecular flexibility index (Phi) is 2.85. The maximum atomic E-state index is 11.7. The quantitative estimate of drug-likeness (QED) is 0.654. The molecule has 0 bridgehead atoms. The van der Waals surface area contributed by atoms with Crippen LogP contribution < -0.4 is 0 Å². The average molecular weight is 235 g/mol. The number of ether oxygens (including phenoxy) is 1. The summed E-state index contributed by atoms with van der Waals surface area (Å²) in [4.78, 5) is 13.6. The molecule has 1 aliphatic carbocycles. The van der Waals surface area contributed by atoms with Crippen LogP contribution in [0.5, 0.6) is 0 Å². The smallest absolute Gasteiger partial charge is 0.410 e. The van der Waals surface area contributed by atoms with Crippen LogP contribution in [0.3, 0.4) is 0 Å². The number of terminal acetylenes is 1. The molecule has 17 heavy (non-hydrogen) atoms. The molecule has 3 heteroatoms. The summed E-state index contributed by atoms with van der Waals surface area (Å²) in [5, 5.41) is 0. The zero-order chi connectivity index (χ0) is 12.7. The van der Waals surface area contributed by atoms with E-state index < -0.39 is 5.60 Å². The van der Waals surface area contributed by atoms with Gasteiger partial charge in [-0.1, -0.05) is 0 Å². The Balaban J connectivity index is 1.74. The number of hydrogen-bond donors (Lipinski definition) is 0. The van der Waals surface area contributed by atoms with Gasteiger partial charge in [0.15, 0.2) is 0 Å². The van der Waals surface area contributed by atoms with Crippen LogP contribution in [0.1, 0.15) is 40.0 Å². The SMILES string of the molecule is C#CCC1CC2(C1)CN(C(=O)OC(C)(C)C)C2. The Morgan fingerprint density at radius 1 is 1.47 bits per heavy atom. The first kappa shape index (κ1) is 12.3. The van der Waals surface area contributed by atoms with E-state index in [1.54, 1.807) is 4.90 Å². The Hall–Kier alpha value is -1.17. The van der Waals surface area contributed by atoms with Gasteiger partial charge in [0.2, 0.25) is 0 Å². The normalized spacial score (nSPS) is 22.6. The molecule has 0 aromatic rings. The first-order valence-electron chi connectivity index (χ1n) is 6.25. The fraction of sp³-hybridized carbons (Fsp3) is 0.786. The van der Waals surface area contributed by atoms with E-state index in [0.29, 0.717) is 11.3 Å². The highest BCUT2D eigenvalue weighted by molar-refractivity contribution is 5.69. The summed E-state index contributed by atoms with van der Waals surface area (Å²) in [6.45, 7) is 7.39. The summed E-state index contributed by atoms with van der Waals surface area (Å²) in [5.41, 5.74) is -0.0239. The average Bonchev–Trinajstić information content (AvgIpc) is 2.03. The van der Waals surface area contributed by atoms with Crippen LogP contribution in [0.4, 0.5) is 4.79 Å². The van der Waals surface area contributed by atoms with Crippen LogP contribution in [0, 0.1) is 23.7 Å². The van der Waals surface area contributed by atoms with Crippen molar-refractivity contribution in [3.63, 3.8) is 0 Å². The van der Waals surface area contributed by atoms with Crippen molar-refractivity contribution in [3.05, 3.63) is 0 Å². The molecule has 0 N–H and O–H groups in total. The summed E-state index contributed by atoms with van der Waals surface area (Å²) in [7, 11) is 0. The zero-order valence-electron chi connectivity index (χ0n) is 11.0. The molecule has 2 fully saturated rings. The molecular formula is C14H21NO2. The Morgan fingerprint density at radius 2 is 2.06 bits per heavy atom. The monoisotopic (exact) mass is 235 g/mol. The van der Waals surface area contributed by atoms with Crippen LogP contribution in [0.25, 0.3) is 0 Å². The van der Waals surface area contributed by atoms with Crippen molar-refractivity contribution in [1.29, 1.82) is 0 Å². The highest BCUT2D eigenvalue weighted by atomic mass is 16.6. The predicted molar refractivity (Wildman–Crippen MR) is 66.4 cm³/mol. The van der Waals surface area contributed by atoms with Gasteiger partial charge in [-0.2, -0.15) is 0 Å². The fourth-order valence-corrected chi connectivity index (χ4v) is 2.95. The molecule has 1 heterocycles. The number of likely N-dealkylation sites (tertiary alicyclic amines) is 1. The van der Waals surface area contributed by atoms with Crippen LogP contribution in [-0.2, 0) is 4.74 Å². The molecule has 2 aliphatic rings. The van der Waals surface area contributed by atoms with E-state index in [0.717, 1.165) is 19.5 Å². The molecule has 1 saturated carbocycles. The van der Waals surface area contributed by atoms with Crippen molar-refractivity contribution >= 4 is 6.09 Å². The van der Waals surface area contributed by atoms with Crippen LogP contribution in [0.2, 0.25) is 0 Å². The molecule has 2 rings (SSSR count). The first-order valence-corrected chi connectivity index (χ1v) is 6.25. The Bertz CT molecular complexity index is 347. The van der Waals surface area contributed by atoms with Crippen LogP contribution in [-0.4, -0.2) is 29.7 Å². The van der Waals surface area contributed by atoms with Crippen molar-refractivity contribution < 1.29 is 9.53 Å². The number of carbonyl (C=O) groups excluding carboxylic acids is 1. The van der Waals surface area contributed by atoms with Gasteiger partial charge < -0.3 is 9.64 Å². The number of nitrogens with zero attached hydrogens (tertiary/aromatic N) is 1. The second-order valence-electron chi connectivity index (χ2n) is 6.52. The van der Waals surface area contributed by atoms with Crippen LogP contribution >= 0.6 is 0 Å². The van der Waals surface area contributed by atoms with Gasteiger partial charge in [-0.05, 0) is 39.5 Å². The van der Waals surface area contributed by atoms with Gasteiger partial charge in [0.1, 0.15) is 5.60 Å². The Labute approximate surface area is 104 Å². The molecule has 94 valence electrons. The minimum absolute atomic E-state index is 0.177. The number of hydrogen-bond acceptors (Lipinski definition) is 2. The summed E-state index contributed by atoms with van der Waals surface area (Å²) < 4.78 is 5.33. The van der Waals surface area contributed by atoms with Gasteiger partial charge in [-0.25, -0.2) is 4.79 Å². The topological polar surface area (TPSA) is 29.5 Å².